The number of carbonyl (C=O) groups excluding carboxylic acids is 2. The van der Waals surface area contributed by atoms with Gasteiger partial charge in [-0.3, -0.25) is 15.0 Å². The summed E-state index contributed by atoms with van der Waals surface area (Å²) in [6.07, 6.45) is 2.97. The number of hydrazine groups is 1. The quantitative estimate of drug-likeness (QED) is 0.822. The van der Waals surface area contributed by atoms with E-state index in [4.69, 9.17) is 0 Å². The van der Waals surface area contributed by atoms with Crippen molar-refractivity contribution in [1.29, 1.82) is 0 Å². The van der Waals surface area contributed by atoms with Crippen molar-refractivity contribution in [3.05, 3.63) is 35.9 Å². The Kier molecular flexibility index (Phi) is 6.04. The normalized spacial score (nSPS) is 20.4. The second kappa shape index (κ2) is 8.45. The highest BCUT2D eigenvalue weighted by Crippen LogP contribution is 2.21. The molecule has 0 spiro atoms. The van der Waals surface area contributed by atoms with Crippen LogP contribution in [0, 0.1) is 5.92 Å². The summed E-state index contributed by atoms with van der Waals surface area (Å²) in [7, 11) is 2.06. The first-order valence-electron chi connectivity index (χ1n) is 9.19. The lowest BCUT2D eigenvalue weighted by atomic mass is 9.90. The molecule has 6 nitrogen and oxygen atoms in total. The molecule has 2 fully saturated rings. The maximum absolute atomic E-state index is 12.4. The molecule has 2 saturated heterocycles. The van der Waals surface area contributed by atoms with Crippen LogP contribution in [-0.2, 0) is 16.0 Å². The topological polar surface area (TPSA) is 55.9 Å². The first kappa shape index (κ1) is 17.9. The molecule has 25 heavy (non-hydrogen) atoms. The molecule has 2 aliphatic heterocycles. The van der Waals surface area contributed by atoms with E-state index < -0.39 is 11.8 Å². The maximum atomic E-state index is 12.4. The fraction of sp³-hybridized carbons (Fsp3) is 0.579. The molecular formula is C19H28N4O2. The Morgan fingerprint density at radius 2 is 1.64 bits per heavy atom. The number of benzene rings is 1. The summed E-state index contributed by atoms with van der Waals surface area (Å²) < 4.78 is 0. The first-order valence-corrected chi connectivity index (χ1v) is 9.19. The number of piperidine rings is 1. The van der Waals surface area contributed by atoms with Crippen molar-refractivity contribution in [3.8, 4) is 0 Å². The van der Waals surface area contributed by atoms with Gasteiger partial charge in [-0.1, -0.05) is 30.3 Å². The minimum Gasteiger partial charge on any atom is -0.334 e. The van der Waals surface area contributed by atoms with Gasteiger partial charge in [0.05, 0.1) is 0 Å². The highest BCUT2D eigenvalue weighted by Gasteiger charge is 2.28. The lowest BCUT2D eigenvalue weighted by molar-refractivity contribution is -0.149. The number of likely N-dealkylation sites (tertiary alicyclic amines) is 1. The van der Waals surface area contributed by atoms with Gasteiger partial charge in [-0.15, -0.1) is 0 Å². The maximum Gasteiger partial charge on any atom is 0.323 e. The van der Waals surface area contributed by atoms with Gasteiger partial charge >= 0.3 is 11.8 Å². The monoisotopic (exact) mass is 344 g/mol. The number of likely N-dealkylation sites (N-methyl/N-ethyl adjacent to an activating group) is 1. The molecular weight excluding hydrogens is 316 g/mol. The van der Waals surface area contributed by atoms with E-state index in [1.54, 1.807) is 4.90 Å². The summed E-state index contributed by atoms with van der Waals surface area (Å²) in [6, 6.07) is 10.5. The van der Waals surface area contributed by atoms with Gasteiger partial charge in [0, 0.05) is 39.3 Å². The molecule has 2 heterocycles. The number of hydrogen-bond donors (Lipinski definition) is 1. The van der Waals surface area contributed by atoms with Crippen LogP contribution in [0.3, 0.4) is 0 Å². The van der Waals surface area contributed by atoms with Gasteiger partial charge in [0.25, 0.3) is 0 Å². The highest BCUT2D eigenvalue weighted by atomic mass is 16.2. The van der Waals surface area contributed by atoms with E-state index >= 15 is 0 Å². The number of amides is 2. The second-order valence-corrected chi connectivity index (χ2v) is 7.16. The Morgan fingerprint density at radius 3 is 2.28 bits per heavy atom. The second-order valence-electron chi connectivity index (χ2n) is 7.16. The summed E-state index contributed by atoms with van der Waals surface area (Å²) in [6.45, 7) is 4.67. The molecule has 0 bridgehead atoms. The van der Waals surface area contributed by atoms with Gasteiger partial charge in [-0.2, -0.15) is 0 Å². The van der Waals surface area contributed by atoms with Crippen molar-refractivity contribution in [3.63, 3.8) is 0 Å². The third-order valence-corrected chi connectivity index (χ3v) is 5.23. The Hall–Kier alpha value is -1.92. The van der Waals surface area contributed by atoms with Crippen LogP contribution in [0.2, 0.25) is 0 Å². The van der Waals surface area contributed by atoms with Crippen LogP contribution in [0.1, 0.15) is 18.4 Å². The lowest BCUT2D eigenvalue weighted by Crippen LogP contribution is -2.56. The zero-order chi connectivity index (χ0) is 17.6. The highest BCUT2D eigenvalue weighted by molar-refractivity contribution is 6.34. The molecule has 1 aromatic rings. The fourth-order valence-corrected chi connectivity index (χ4v) is 3.54. The molecule has 2 aliphatic rings. The Morgan fingerprint density at radius 1 is 1.00 bits per heavy atom. The van der Waals surface area contributed by atoms with Crippen LogP contribution >= 0.6 is 0 Å². The van der Waals surface area contributed by atoms with E-state index in [1.165, 1.54) is 5.56 Å². The Bertz CT molecular complexity index is 576. The van der Waals surface area contributed by atoms with Gasteiger partial charge in [0.1, 0.15) is 0 Å². The average Bonchev–Trinajstić information content (AvgIpc) is 2.64. The average molecular weight is 344 g/mol. The van der Waals surface area contributed by atoms with Gasteiger partial charge < -0.3 is 9.80 Å². The number of piperazine rings is 1. The standard InChI is InChI=1S/C19H28N4O2/c1-21-11-13-23(14-12-21)20-18(24)19(25)22-9-7-17(8-10-22)15-16-5-3-2-4-6-16/h2-6,17H,7-15H2,1H3,(H,20,24). The minimum absolute atomic E-state index is 0.392. The van der Waals surface area contributed by atoms with Crippen LogP contribution in [0.4, 0.5) is 0 Å². The van der Waals surface area contributed by atoms with Gasteiger partial charge in [-0.05, 0) is 37.8 Å². The van der Waals surface area contributed by atoms with E-state index in [0.717, 1.165) is 45.4 Å². The predicted octanol–water partition coefficient (Wildman–Crippen LogP) is 0.746. The van der Waals surface area contributed by atoms with Crippen LogP contribution < -0.4 is 5.43 Å². The molecule has 1 aromatic carbocycles. The van der Waals surface area contributed by atoms with E-state index in [1.807, 2.05) is 11.1 Å². The van der Waals surface area contributed by atoms with E-state index in [2.05, 4.69) is 41.6 Å². The molecule has 2 amide bonds. The number of hydrogen-bond acceptors (Lipinski definition) is 4. The number of carbonyl (C=O) groups is 2. The van der Waals surface area contributed by atoms with Gasteiger partial charge in [0.15, 0.2) is 0 Å². The van der Waals surface area contributed by atoms with E-state index in [0.29, 0.717) is 19.0 Å². The third kappa shape index (κ3) is 5.03. The van der Waals surface area contributed by atoms with Crippen LogP contribution in [0.15, 0.2) is 30.3 Å². The molecule has 1 N–H and O–H groups in total. The zero-order valence-corrected chi connectivity index (χ0v) is 15.0. The molecule has 0 atom stereocenters. The molecule has 0 radical (unpaired) electrons. The summed E-state index contributed by atoms with van der Waals surface area (Å²) in [4.78, 5) is 28.5. The van der Waals surface area contributed by atoms with Crippen LogP contribution in [-0.4, -0.2) is 72.9 Å². The summed E-state index contributed by atoms with van der Waals surface area (Å²) >= 11 is 0. The van der Waals surface area contributed by atoms with Crippen LogP contribution in [0.25, 0.3) is 0 Å². The lowest BCUT2D eigenvalue weighted by Gasteiger charge is -2.34. The Balaban J connectivity index is 1.42. The predicted molar refractivity (Wildman–Crippen MR) is 96.7 cm³/mol. The number of nitrogens with zero attached hydrogens (tertiary/aromatic N) is 3. The molecule has 0 unspecified atom stereocenters. The summed E-state index contributed by atoms with van der Waals surface area (Å²) in [5.74, 6) is -0.296. The van der Waals surface area contributed by atoms with Crippen molar-refractivity contribution >= 4 is 11.8 Å². The number of rotatable bonds is 3. The molecule has 0 aliphatic carbocycles. The van der Waals surface area contributed by atoms with Crippen molar-refractivity contribution in [2.75, 3.05) is 46.3 Å². The van der Waals surface area contributed by atoms with E-state index in [9.17, 15) is 9.59 Å². The van der Waals surface area contributed by atoms with Crippen molar-refractivity contribution in [2.24, 2.45) is 5.92 Å². The zero-order valence-electron chi connectivity index (χ0n) is 15.0. The molecule has 0 aromatic heterocycles. The van der Waals surface area contributed by atoms with Crippen LogP contribution in [0.5, 0.6) is 0 Å². The van der Waals surface area contributed by atoms with Crippen molar-refractivity contribution < 1.29 is 9.59 Å². The summed E-state index contributed by atoms with van der Waals surface area (Å²) in [5, 5.41) is 1.85. The first-order chi connectivity index (χ1) is 12.1. The molecule has 3 rings (SSSR count). The number of nitrogens with one attached hydrogen (secondary N) is 1. The SMILES string of the molecule is CN1CCN(NC(=O)C(=O)N2CCC(Cc3ccccc3)CC2)CC1. The van der Waals surface area contributed by atoms with Gasteiger partial charge in [-0.25, -0.2) is 5.01 Å². The van der Waals surface area contributed by atoms with Crippen molar-refractivity contribution in [1.82, 2.24) is 20.2 Å². The Labute approximate surface area is 149 Å². The van der Waals surface area contributed by atoms with E-state index in [-0.39, 0.29) is 0 Å². The van der Waals surface area contributed by atoms with Gasteiger partial charge in [0.2, 0.25) is 0 Å². The van der Waals surface area contributed by atoms with Crippen molar-refractivity contribution in [2.45, 2.75) is 19.3 Å². The molecule has 6 heteroatoms. The third-order valence-electron chi connectivity index (χ3n) is 5.23. The molecule has 0 saturated carbocycles. The molecule has 136 valence electrons. The minimum atomic E-state index is -0.494. The fourth-order valence-electron chi connectivity index (χ4n) is 3.54. The largest absolute Gasteiger partial charge is 0.334 e. The summed E-state index contributed by atoms with van der Waals surface area (Å²) in [5.41, 5.74) is 4.11. The smallest absolute Gasteiger partial charge is 0.323 e.